The maximum absolute atomic E-state index is 2.17. The van der Waals surface area contributed by atoms with Crippen LogP contribution in [0.1, 0.15) is 13.8 Å². The van der Waals surface area contributed by atoms with Crippen molar-refractivity contribution in [2.45, 2.75) is 13.8 Å². The Balaban J connectivity index is 2.66. The molecular weight excluding hydrogens is 91.0 g/mol. The highest BCUT2D eigenvalue weighted by atomic mass is 31.1. The summed E-state index contributed by atoms with van der Waals surface area (Å²) in [5.41, 5.74) is 0. The molecule has 0 heterocycles. The zero-order valence-electron chi connectivity index (χ0n) is 4.31. The predicted octanol–water partition coefficient (Wildman–Crippen LogP) is 2.49. The van der Waals surface area contributed by atoms with E-state index >= 15 is 0 Å². The van der Waals surface area contributed by atoms with Crippen molar-refractivity contribution < 1.29 is 0 Å². The van der Waals surface area contributed by atoms with Crippen molar-refractivity contribution in [2.75, 3.05) is 6.16 Å². The van der Waals surface area contributed by atoms with Crippen molar-refractivity contribution in [3.63, 3.8) is 0 Å². The highest BCUT2D eigenvalue weighted by Crippen LogP contribution is 2.07. The number of hydrogen-bond acceptors (Lipinski definition) is 0. The molecule has 0 spiro atoms. The summed E-state index contributed by atoms with van der Waals surface area (Å²) in [4.78, 5) is 0. The van der Waals surface area contributed by atoms with Crippen LogP contribution in [0, 0.1) is 0 Å². The molecule has 0 aliphatic rings. The van der Waals surface area contributed by atoms with Crippen LogP contribution in [0.5, 0.6) is 0 Å². The van der Waals surface area contributed by atoms with Crippen LogP contribution >= 0.6 is 8.58 Å². The van der Waals surface area contributed by atoms with E-state index in [2.05, 4.69) is 18.8 Å². The summed E-state index contributed by atoms with van der Waals surface area (Å²) in [7, 11) is 1.43. The second-order valence-corrected chi connectivity index (χ2v) is 2.28. The van der Waals surface area contributed by atoms with Crippen LogP contribution in [0.15, 0.2) is 11.9 Å². The fourth-order valence-electron chi connectivity index (χ4n) is 0.211. The molecule has 0 saturated carbocycles. The Morgan fingerprint density at radius 3 is 2.50 bits per heavy atom. The lowest BCUT2D eigenvalue weighted by atomic mass is 10.8. The summed E-state index contributed by atoms with van der Waals surface area (Å²) in [6, 6.07) is 0. The summed E-state index contributed by atoms with van der Waals surface area (Å²) in [5.74, 6) is 2.15. The van der Waals surface area contributed by atoms with Crippen LogP contribution in [0.2, 0.25) is 0 Å². The van der Waals surface area contributed by atoms with Crippen LogP contribution in [0.4, 0.5) is 0 Å². The van der Waals surface area contributed by atoms with E-state index in [1.807, 2.05) is 6.92 Å². The molecule has 6 heavy (non-hydrogen) atoms. The summed E-state index contributed by atoms with van der Waals surface area (Å²) >= 11 is 0. The minimum absolute atomic E-state index is 1.24. The van der Waals surface area contributed by atoms with Gasteiger partial charge in [0.15, 0.2) is 0 Å². The molecule has 0 fully saturated rings. The van der Waals surface area contributed by atoms with Gasteiger partial charge in [-0.25, -0.2) is 0 Å². The van der Waals surface area contributed by atoms with E-state index in [0.29, 0.717) is 0 Å². The summed E-state index contributed by atoms with van der Waals surface area (Å²) in [5, 5.41) is 0. The fraction of sp³-hybridized carbons (Fsp3) is 0.600. The first-order chi connectivity index (χ1) is 2.91. The summed E-state index contributed by atoms with van der Waals surface area (Å²) < 4.78 is 0. The minimum Gasteiger partial charge on any atom is -0.0868 e. The molecule has 0 nitrogen and oxygen atoms in total. The van der Waals surface area contributed by atoms with Gasteiger partial charge in [0, 0.05) is 0 Å². The minimum atomic E-state index is 1.24. The van der Waals surface area contributed by atoms with Gasteiger partial charge in [-0.2, -0.15) is 0 Å². The Labute approximate surface area is 41.4 Å². The molecule has 0 aliphatic heterocycles. The second-order valence-electron chi connectivity index (χ2n) is 0.981. The van der Waals surface area contributed by atoms with Crippen LogP contribution in [-0.2, 0) is 0 Å². The third-order valence-electron chi connectivity index (χ3n) is 0.437. The van der Waals surface area contributed by atoms with Crippen molar-refractivity contribution in [3.05, 3.63) is 11.9 Å². The van der Waals surface area contributed by atoms with E-state index in [4.69, 9.17) is 0 Å². The number of hydrogen-bond donors (Lipinski definition) is 0. The zero-order chi connectivity index (χ0) is 4.83. The van der Waals surface area contributed by atoms with E-state index in [0.717, 1.165) is 0 Å². The lowest BCUT2D eigenvalue weighted by molar-refractivity contribution is 1.52. The van der Waals surface area contributed by atoms with E-state index < -0.39 is 0 Å². The van der Waals surface area contributed by atoms with E-state index in [9.17, 15) is 0 Å². The van der Waals surface area contributed by atoms with Crippen LogP contribution in [0.3, 0.4) is 0 Å². The van der Waals surface area contributed by atoms with Crippen molar-refractivity contribution >= 4 is 8.58 Å². The molecule has 0 unspecified atom stereocenters. The molecule has 0 atom stereocenters. The van der Waals surface area contributed by atoms with Gasteiger partial charge in [0.25, 0.3) is 0 Å². The van der Waals surface area contributed by atoms with Crippen molar-refractivity contribution in [1.82, 2.24) is 0 Å². The molecule has 0 bridgehead atoms. The molecule has 0 amide bonds. The number of allylic oxidation sites excluding steroid dienone is 1. The molecule has 0 saturated heterocycles. The Morgan fingerprint density at radius 2 is 2.33 bits per heavy atom. The van der Waals surface area contributed by atoms with Gasteiger partial charge < -0.3 is 0 Å². The summed E-state index contributed by atoms with van der Waals surface area (Å²) in [6.07, 6.45) is 3.31. The molecule has 1 radical (unpaired) electrons. The monoisotopic (exact) mass is 101 g/mol. The van der Waals surface area contributed by atoms with Gasteiger partial charge in [-0.3, -0.25) is 0 Å². The second kappa shape index (κ2) is 5.17. The largest absolute Gasteiger partial charge is 0.0868 e. The van der Waals surface area contributed by atoms with Gasteiger partial charge in [0.05, 0.1) is 0 Å². The standard InChI is InChI=1S/C5H10P/c1-3-5-6-4-2/h3,5H,4H2,1-2H3. The fourth-order valence-corrected chi connectivity index (χ4v) is 0.632. The van der Waals surface area contributed by atoms with Gasteiger partial charge in [-0.05, 0) is 13.1 Å². The van der Waals surface area contributed by atoms with Gasteiger partial charge in [-0.1, -0.05) is 27.4 Å². The Morgan fingerprint density at radius 1 is 1.67 bits per heavy atom. The lowest BCUT2D eigenvalue weighted by Crippen LogP contribution is -1.49. The molecule has 0 aliphatic carbocycles. The summed E-state index contributed by atoms with van der Waals surface area (Å²) in [6.45, 7) is 4.21. The van der Waals surface area contributed by atoms with Crippen molar-refractivity contribution in [3.8, 4) is 0 Å². The third kappa shape index (κ3) is 4.17. The molecular formula is C5H10P. The molecule has 0 aromatic rings. The normalized spacial score (nSPS) is 12.3. The quantitative estimate of drug-likeness (QED) is 0.469. The Kier molecular flexibility index (Phi) is 5.32. The molecule has 0 aromatic heterocycles. The first-order valence-corrected chi connectivity index (χ1v) is 3.34. The van der Waals surface area contributed by atoms with Crippen molar-refractivity contribution in [2.24, 2.45) is 0 Å². The maximum atomic E-state index is 2.17. The average Bonchev–Trinajstić information content (AvgIpc) is 1.61. The van der Waals surface area contributed by atoms with Crippen LogP contribution in [0.25, 0.3) is 0 Å². The van der Waals surface area contributed by atoms with Crippen LogP contribution < -0.4 is 0 Å². The first kappa shape index (κ1) is 6.17. The first-order valence-electron chi connectivity index (χ1n) is 2.19. The SMILES string of the molecule is CC=C[P]CC. The molecule has 0 aromatic carbocycles. The molecule has 1 heteroatoms. The van der Waals surface area contributed by atoms with Crippen molar-refractivity contribution in [1.29, 1.82) is 0 Å². The molecule has 35 valence electrons. The van der Waals surface area contributed by atoms with Gasteiger partial charge in [-0.15, -0.1) is 0 Å². The van der Waals surface area contributed by atoms with E-state index in [1.165, 1.54) is 14.7 Å². The zero-order valence-corrected chi connectivity index (χ0v) is 5.20. The topological polar surface area (TPSA) is 0 Å². The van der Waals surface area contributed by atoms with Gasteiger partial charge in [0.1, 0.15) is 0 Å². The number of rotatable bonds is 2. The maximum Gasteiger partial charge on any atom is -0.0278 e. The third-order valence-corrected chi connectivity index (χ3v) is 1.31. The predicted molar refractivity (Wildman–Crippen MR) is 32.3 cm³/mol. The van der Waals surface area contributed by atoms with Crippen LogP contribution in [-0.4, -0.2) is 6.16 Å². The molecule has 0 N–H and O–H groups in total. The highest BCUT2D eigenvalue weighted by Gasteiger charge is 1.65. The van der Waals surface area contributed by atoms with E-state index in [-0.39, 0.29) is 0 Å². The molecule has 0 rings (SSSR count). The highest BCUT2D eigenvalue weighted by molar-refractivity contribution is 7.41. The van der Waals surface area contributed by atoms with Gasteiger partial charge in [0.2, 0.25) is 0 Å². The average molecular weight is 101 g/mol. The Hall–Kier alpha value is 0.170. The van der Waals surface area contributed by atoms with E-state index in [1.54, 1.807) is 0 Å². The Bertz CT molecular complexity index is 39.2. The smallest absolute Gasteiger partial charge is 0.0278 e. The van der Waals surface area contributed by atoms with Gasteiger partial charge >= 0.3 is 0 Å². The lowest BCUT2D eigenvalue weighted by Gasteiger charge is -1.75.